The molecule has 1 aromatic heterocycles. The van der Waals surface area contributed by atoms with Crippen molar-refractivity contribution in [1.82, 2.24) is 9.97 Å². The van der Waals surface area contributed by atoms with E-state index in [0.29, 0.717) is 12.0 Å². The summed E-state index contributed by atoms with van der Waals surface area (Å²) < 4.78 is 0. The SMILES string of the molecule is O=C(O)c1ncncc1CCc1ccc(-c2ccccc2)cc1. The van der Waals surface area contributed by atoms with Gasteiger partial charge in [-0.15, -0.1) is 0 Å². The number of hydrogen-bond acceptors (Lipinski definition) is 3. The number of aromatic carboxylic acids is 1. The van der Waals surface area contributed by atoms with Gasteiger partial charge in [0.2, 0.25) is 0 Å². The van der Waals surface area contributed by atoms with Crippen LogP contribution in [0.4, 0.5) is 0 Å². The van der Waals surface area contributed by atoms with Gasteiger partial charge in [0, 0.05) is 11.8 Å². The number of carbonyl (C=O) groups is 1. The van der Waals surface area contributed by atoms with Gasteiger partial charge in [0.1, 0.15) is 6.33 Å². The van der Waals surface area contributed by atoms with E-state index in [4.69, 9.17) is 5.11 Å². The molecule has 4 nitrogen and oxygen atoms in total. The maximum atomic E-state index is 11.1. The van der Waals surface area contributed by atoms with Crippen molar-refractivity contribution in [2.75, 3.05) is 0 Å². The summed E-state index contributed by atoms with van der Waals surface area (Å²) in [5.74, 6) is -1.01. The maximum absolute atomic E-state index is 11.1. The van der Waals surface area contributed by atoms with Gasteiger partial charge in [-0.3, -0.25) is 0 Å². The van der Waals surface area contributed by atoms with Crippen LogP contribution >= 0.6 is 0 Å². The van der Waals surface area contributed by atoms with Gasteiger partial charge in [0.25, 0.3) is 0 Å². The largest absolute Gasteiger partial charge is 0.477 e. The van der Waals surface area contributed by atoms with Gasteiger partial charge in [-0.05, 0) is 29.5 Å². The van der Waals surface area contributed by atoms with Gasteiger partial charge in [0.05, 0.1) is 0 Å². The molecule has 0 aliphatic carbocycles. The molecule has 1 N–H and O–H groups in total. The molecule has 3 rings (SSSR count). The van der Waals surface area contributed by atoms with Crippen LogP contribution in [0.5, 0.6) is 0 Å². The second-order valence-corrected chi connectivity index (χ2v) is 5.26. The number of carboxylic acids is 1. The highest BCUT2D eigenvalue weighted by Gasteiger charge is 2.11. The second-order valence-electron chi connectivity index (χ2n) is 5.26. The molecule has 0 aliphatic heterocycles. The van der Waals surface area contributed by atoms with Crippen LogP contribution in [0.25, 0.3) is 11.1 Å². The average Bonchev–Trinajstić information content (AvgIpc) is 2.61. The molecule has 0 fully saturated rings. The minimum atomic E-state index is -1.01. The molecular formula is C19H16N2O2. The van der Waals surface area contributed by atoms with Crippen LogP contribution in [0.2, 0.25) is 0 Å². The molecule has 0 radical (unpaired) electrons. The zero-order chi connectivity index (χ0) is 16.1. The van der Waals surface area contributed by atoms with Crippen molar-refractivity contribution in [2.24, 2.45) is 0 Å². The lowest BCUT2D eigenvalue weighted by Gasteiger charge is -2.06. The van der Waals surface area contributed by atoms with Crippen molar-refractivity contribution in [1.29, 1.82) is 0 Å². The van der Waals surface area contributed by atoms with Gasteiger partial charge < -0.3 is 5.11 Å². The fourth-order valence-corrected chi connectivity index (χ4v) is 2.51. The normalized spacial score (nSPS) is 10.4. The highest BCUT2D eigenvalue weighted by molar-refractivity contribution is 5.86. The lowest BCUT2D eigenvalue weighted by molar-refractivity contribution is 0.0689. The van der Waals surface area contributed by atoms with E-state index in [1.165, 1.54) is 17.5 Å². The molecule has 2 aromatic carbocycles. The van der Waals surface area contributed by atoms with Crippen molar-refractivity contribution in [3.05, 3.63) is 83.9 Å². The number of aryl methyl sites for hydroxylation is 2. The van der Waals surface area contributed by atoms with Crippen LogP contribution < -0.4 is 0 Å². The molecule has 0 unspecified atom stereocenters. The Balaban J connectivity index is 1.71. The zero-order valence-corrected chi connectivity index (χ0v) is 12.5. The van der Waals surface area contributed by atoms with E-state index in [0.717, 1.165) is 12.0 Å². The van der Waals surface area contributed by atoms with E-state index < -0.39 is 5.97 Å². The summed E-state index contributed by atoms with van der Waals surface area (Å²) in [5, 5.41) is 9.14. The molecule has 0 saturated carbocycles. The molecule has 0 saturated heterocycles. The Morgan fingerprint density at radius 3 is 2.30 bits per heavy atom. The van der Waals surface area contributed by atoms with Gasteiger partial charge in [-0.25, -0.2) is 14.8 Å². The molecule has 0 bridgehead atoms. The van der Waals surface area contributed by atoms with Crippen molar-refractivity contribution < 1.29 is 9.90 Å². The number of rotatable bonds is 5. The fraction of sp³-hybridized carbons (Fsp3) is 0.105. The van der Waals surface area contributed by atoms with E-state index in [-0.39, 0.29) is 5.69 Å². The smallest absolute Gasteiger partial charge is 0.354 e. The van der Waals surface area contributed by atoms with Gasteiger partial charge in [-0.1, -0.05) is 54.6 Å². The first kappa shape index (κ1) is 14.9. The first-order valence-corrected chi connectivity index (χ1v) is 7.40. The van der Waals surface area contributed by atoms with E-state index >= 15 is 0 Å². The lowest BCUT2D eigenvalue weighted by atomic mass is 10.0. The molecule has 23 heavy (non-hydrogen) atoms. The van der Waals surface area contributed by atoms with Crippen molar-refractivity contribution in [3.63, 3.8) is 0 Å². The number of carboxylic acid groups (broad SMARTS) is 1. The van der Waals surface area contributed by atoms with Crippen LogP contribution in [0.3, 0.4) is 0 Å². The predicted octanol–water partition coefficient (Wildman–Crippen LogP) is 3.63. The Morgan fingerprint density at radius 1 is 0.913 bits per heavy atom. The number of hydrogen-bond donors (Lipinski definition) is 1. The van der Waals surface area contributed by atoms with Crippen LogP contribution in [0, 0.1) is 0 Å². The third-order valence-electron chi connectivity index (χ3n) is 3.73. The first-order chi connectivity index (χ1) is 11.2. The van der Waals surface area contributed by atoms with Crippen molar-refractivity contribution in [3.8, 4) is 11.1 Å². The Labute approximate surface area is 134 Å². The van der Waals surface area contributed by atoms with Gasteiger partial charge in [0.15, 0.2) is 5.69 Å². The van der Waals surface area contributed by atoms with Gasteiger partial charge in [-0.2, -0.15) is 0 Å². The summed E-state index contributed by atoms with van der Waals surface area (Å²) in [6, 6.07) is 18.5. The topological polar surface area (TPSA) is 63.1 Å². The average molecular weight is 304 g/mol. The number of benzene rings is 2. The highest BCUT2D eigenvalue weighted by atomic mass is 16.4. The molecular weight excluding hydrogens is 288 g/mol. The van der Waals surface area contributed by atoms with Crippen molar-refractivity contribution >= 4 is 5.97 Å². The Kier molecular flexibility index (Phi) is 4.43. The monoisotopic (exact) mass is 304 g/mol. The van der Waals surface area contributed by atoms with Crippen molar-refractivity contribution in [2.45, 2.75) is 12.8 Å². The third-order valence-corrected chi connectivity index (χ3v) is 3.73. The summed E-state index contributed by atoms with van der Waals surface area (Å²) in [6.07, 6.45) is 4.20. The van der Waals surface area contributed by atoms with Crippen LogP contribution in [0.1, 0.15) is 21.6 Å². The molecule has 4 heteroatoms. The third kappa shape index (κ3) is 3.61. The first-order valence-electron chi connectivity index (χ1n) is 7.40. The van der Waals surface area contributed by atoms with E-state index in [1.807, 2.05) is 18.2 Å². The number of aromatic nitrogens is 2. The Bertz CT molecular complexity index is 799. The van der Waals surface area contributed by atoms with E-state index in [1.54, 1.807) is 6.20 Å². The van der Waals surface area contributed by atoms with Gasteiger partial charge >= 0.3 is 5.97 Å². The van der Waals surface area contributed by atoms with Crippen LogP contribution in [-0.2, 0) is 12.8 Å². The lowest BCUT2D eigenvalue weighted by Crippen LogP contribution is -2.07. The van der Waals surface area contributed by atoms with Crippen LogP contribution in [-0.4, -0.2) is 21.0 Å². The molecule has 0 spiro atoms. The summed E-state index contributed by atoms with van der Waals surface area (Å²) in [6.45, 7) is 0. The minimum Gasteiger partial charge on any atom is -0.477 e. The van der Waals surface area contributed by atoms with Crippen LogP contribution in [0.15, 0.2) is 67.1 Å². The standard InChI is InChI=1S/C19H16N2O2/c22-19(23)18-17(12-20-13-21-18)11-8-14-6-9-16(10-7-14)15-4-2-1-3-5-15/h1-7,9-10,12-13H,8,11H2,(H,22,23). The maximum Gasteiger partial charge on any atom is 0.354 e. The summed E-state index contributed by atoms with van der Waals surface area (Å²) in [4.78, 5) is 18.9. The Hall–Kier alpha value is -3.01. The summed E-state index contributed by atoms with van der Waals surface area (Å²) in [7, 11) is 0. The fourth-order valence-electron chi connectivity index (χ4n) is 2.51. The van der Waals surface area contributed by atoms with E-state index in [9.17, 15) is 4.79 Å². The minimum absolute atomic E-state index is 0.0842. The number of nitrogens with zero attached hydrogens (tertiary/aromatic N) is 2. The predicted molar refractivity (Wildman–Crippen MR) is 88.3 cm³/mol. The van der Waals surface area contributed by atoms with E-state index in [2.05, 4.69) is 46.4 Å². The highest BCUT2D eigenvalue weighted by Crippen LogP contribution is 2.20. The molecule has 1 heterocycles. The molecule has 3 aromatic rings. The molecule has 114 valence electrons. The molecule has 0 aliphatic rings. The molecule has 0 amide bonds. The second kappa shape index (κ2) is 6.83. The summed E-state index contributed by atoms with van der Waals surface area (Å²) >= 11 is 0. The molecule has 0 atom stereocenters. The Morgan fingerprint density at radius 2 is 1.61 bits per heavy atom. The zero-order valence-electron chi connectivity index (χ0n) is 12.5. The summed E-state index contributed by atoms with van der Waals surface area (Å²) in [5.41, 5.74) is 4.25. The quantitative estimate of drug-likeness (QED) is 0.782.